The Kier molecular flexibility index (Phi) is 10.0. The number of benzene rings is 4. The number of non-ortho nitro benzene ring substituents is 1. The number of thioether (sulfide) groups is 1. The van der Waals surface area contributed by atoms with Crippen LogP contribution in [0.25, 0.3) is 0 Å². The average molecular weight is 666 g/mol. The van der Waals surface area contributed by atoms with Gasteiger partial charge in [-0.05, 0) is 28.8 Å². The molecule has 6 rings (SSSR count). The van der Waals surface area contributed by atoms with Gasteiger partial charge in [0.1, 0.15) is 18.1 Å². The molecule has 0 bridgehead atoms. The van der Waals surface area contributed by atoms with Crippen LogP contribution in [0.3, 0.4) is 0 Å². The molecule has 1 amide bonds. The number of esters is 1. The molecule has 0 saturated carbocycles. The second-order valence-electron chi connectivity index (χ2n) is 11.1. The number of nitro benzene ring substituents is 1. The number of carbonyl (C=O) groups is 3. The summed E-state index contributed by atoms with van der Waals surface area (Å²) in [5.74, 6) is -0.295. The van der Waals surface area contributed by atoms with Crippen LogP contribution in [0.1, 0.15) is 22.8 Å². The van der Waals surface area contributed by atoms with Gasteiger partial charge in [0, 0.05) is 30.0 Å². The number of amides is 1. The Balaban J connectivity index is 1.20. The molecule has 11 nitrogen and oxygen atoms in total. The first kappa shape index (κ1) is 32.3. The third-order valence-electron chi connectivity index (χ3n) is 7.88. The maximum atomic E-state index is 14.1. The summed E-state index contributed by atoms with van der Waals surface area (Å²) in [5.41, 5.74) is 3.13. The van der Waals surface area contributed by atoms with Crippen LogP contribution in [-0.4, -0.2) is 58.2 Å². The van der Waals surface area contributed by atoms with Gasteiger partial charge in [-0.3, -0.25) is 14.9 Å². The molecule has 48 heavy (non-hydrogen) atoms. The number of nitro groups is 1. The first-order chi connectivity index (χ1) is 23.4. The van der Waals surface area contributed by atoms with Gasteiger partial charge in [-0.1, -0.05) is 91.0 Å². The van der Waals surface area contributed by atoms with Crippen molar-refractivity contribution < 1.29 is 33.5 Å². The topological polar surface area (TPSA) is 137 Å². The predicted molar refractivity (Wildman–Crippen MR) is 178 cm³/mol. The van der Waals surface area contributed by atoms with E-state index in [2.05, 4.69) is 5.32 Å². The molecular formula is C36H31N3O8S. The van der Waals surface area contributed by atoms with E-state index < -0.39 is 23.2 Å². The fourth-order valence-corrected chi connectivity index (χ4v) is 6.90. The van der Waals surface area contributed by atoms with Gasteiger partial charge in [-0.15, -0.1) is 11.8 Å². The Morgan fingerprint density at radius 1 is 0.875 bits per heavy atom. The van der Waals surface area contributed by atoms with E-state index in [9.17, 15) is 24.5 Å². The predicted octanol–water partition coefficient (Wildman–Crippen LogP) is 5.81. The molecule has 0 spiro atoms. The lowest BCUT2D eigenvalue weighted by Crippen LogP contribution is -2.67. The van der Waals surface area contributed by atoms with E-state index in [0.29, 0.717) is 17.9 Å². The summed E-state index contributed by atoms with van der Waals surface area (Å²) in [4.78, 5) is 51.8. The van der Waals surface area contributed by atoms with Crippen LogP contribution < -0.4 is 10.1 Å². The second-order valence-corrected chi connectivity index (χ2v) is 12.2. The van der Waals surface area contributed by atoms with E-state index in [1.54, 1.807) is 0 Å². The van der Waals surface area contributed by atoms with Gasteiger partial charge in [-0.25, -0.2) is 9.59 Å². The SMILES string of the molecule is O=C(Cc1ccccc1)NC1CN2C(C(=O)OC(c3ccccc3)c3ccccc3)=C(COC(=O)Oc3ccc([N+](=O)[O-])cc3)CSC12. The highest BCUT2D eigenvalue weighted by Crippen LogP contribution is 2.41. The van der Waals surface area contributed by atoms with Crippen LogP contribution in [0.5, 0.6) is 5.75 Å². The van der Waals surface area contributed by atoms with E-state index in [1.807, 2.05) is 95.9 Å². The molecule has 2 unspecified atom stereocenters. The standard InChI is InChI=1S/C36H31N3O8S/c40-31(20-24-10-4-1-5-11-24)37-30-21-38-32(35(41)47-33(25-12-6-2-7-13-25)26-14-8-3-9-15-26)27(23-48-34(30)38)22-45-36(42)46-29-18-16-28(17-19-29)39(43)44/h1-19,30,33-34H,20-23H2,(H,37,40). The summed E-state index contributed by atoms with van der Waals surface area (Å²) in [6.07, 6.45) is -1.49. The van der Waals surface area contributed by atoms with Crippen molar-refractivity contribution in [3.8, 4) is 5.75 Å². The number of hydrogen-bond donors (Lipinski definition) is 1. The highest BCUT2D eigenvalue weighted by atomic mass is 32.2. The molecule has 0 radical (unpaired) electrons. The minimum absolute atomic E-state index is 0.0719. The van der Waals surface area contributed by atoms with Crippen molar-refractivity contribution in [1.82, 2.24) is 10.2 Å². The van der Waals surface area contributed by atoms with Gasteiger partial charge in [0.25, 0.3) is 5.69 Å². The van der Waals surface area contributed by atoms with E-state index in [4.69, 9.17) is 14.2 Å². The molecule has 12 heteroatoms. The van der Waals surface area contributed by atoms with Crippen molar-refractivity contribution in [2.24, 2.45) is 0 Å². The molecular weight excluding hydrogens is 634 g/mol. The second kappa shape index (κ2) is 14.9. The summed E-state index contributed by atoms with van der Waals surface area (Å²) >= 11 is 1.52. The highest BCUT2D eigenvalue weighted by molar-refractivity contribution is 8.00. The van der Waals surface area contributed by atoms with Crippen molar-refractivity contribution in [2.75, 3.05) is 18.9 Å². The quantitative estimate of drug-likeness (QED) is 0.0904. The molecule has 2 aliphatic rings. The van der Waals surface area contributed by atoms with Gasteiger partial charge < -0.3 is 24.4 Å². The molecule has 4 aromatic carbocycles. The lowest BCUT2D eigenvalue weighted by atomic mass is 10.0. The first-order valence-electron chi connectivity index (χ1n) is 15.2. The van der Waals surface area contributed by atoms with Gasteiger partial charge in [0.15, 0.2) is 6.10 Å². The molecule has 2 heterocycles. The number of hydrogen-bond acceptors (Lipinski definition) is 10. The zero-order valence-corrected chi connectivity index (χ0v) is 26.4. The van der Waals surface area contributed by atoms with E-state index in [1.165, 1.54) is 36.0 Å². The zero-order valence-electron chi connectivity index (χ0n) is 25.6. The fourth-order valence-electron chi connectivity index (χ4n) is 5.55. The Morgan fingerprint density at radius 3 is 2.08 bits per heavy atom. The summed E-state index contributed by atoms with van der Waals surface area (Å²) in [5, 5.41) is 13.8. The molecule has 0 aliphatic carbocycles. The summed E-state index contributed by atoms with van der Waals surface area (Å²) in [6, 6.07) is 33.1. The van der Waals surface area contributed by atoms with Crippen LogP contribution in [-0.2, 0) is 25.5 Å². The summed E-state index contributed by atoms with van der Waals surface area (Å²) in [7, 11) is 0. The van der Waals surface area contributed by atoms with E-state index in [0.717, 1.165) is 16.7 Å². The molecule has 0 aromatic heterocycles. The number of carbonyl (C=O) groups excluding carboxylic acids is 3. The van der Waals surface area contributed by atoms with Crippen LogP contribution >= 0.6 is 11.8 Å². The van der Waals surface area contributed by atoms with E-state index in [-0.39, 0.29) is 47.5 Å². The highest BCUT2D eigenvalue weighted by Gasteiger charge is 2.47. The molecule has 2 atom stereocenters. The maximum absolute atomic E-state index is 14.1. The van der Waals surface area contributed by atoms with Crippen molar-refractivity contribution in [2.45, 2.75) is 23.9 Å². The zero-order chi connectivity index (χ0) is 33.5. The lowest BCUT2D eigenvalue weighted by molar-refractivity contribution is -0.384. The third-order valence-corrected chi connectivity index (χ3v) is 9.32. The number of fused-ring (bicyclic) bond motifs is 1. The van der Waals surface area contributed by atoms with Crippen molar-refractivity contribution in [1.29, 1.82) is 0 Å². The van der Waals surface area contributed by atoms with Crippen molar-refractivity contribution in [3.63, 3.8) is 0 Å². The molecule has 1 N–H and O–H groups in total. The largest absolute Gasteiger partial charge is 0.514 e. The average Bonchev–Trinajstić information content (AvgIpc) is 3.10. The molecule has 1 saturated heterocycles. The Morgan fingerprint density at radius 2 is 1.48 bits per heavy atom. The summed E-state index contributed by atoms with van der Waals surface area (Å²) in [6.45, 7) is 0.111. The molecule has 1 fully saturated rings. The lowest BCUT2D eigenvalue weighted by Gasteiger charge is -2.52. The molecule has 244 valence electrons. The van der Waals surface area contributed by atoms with Crippen molar-refractivity contribution >= 4 is 35.5 Å². The maximum Gasteiger partial charge on any atom is 0.514 e. The number of rotatable bonds is 11. The van der Waals surface area contributed by atoms with Crippen LogP contribution in [0.2, 0.25) is 0 Å². The summed E-state index contributed by atoms with van der Waals surface area (Å²) < 4.78 is 16.8. The van der Waals surface area contributed by atoms with Crippen molar-refractivity contribution in [3.05, 3.63) is 153 Å². The minimum Gasteiger partial charge on any atom is -0.448 e. The first-order valence-corrected chi connectivity index (χ1v) is 16.2. The number of ether oxygens (including phenoxy) is 3. The molecule has 2 aliphatic heterocycles. The normalized spacial score (nSPS) is 16.7. The molecule has 4 aromatic rings. The Hall–Kier alpha value is -5.62. The monoisotopic (exact) mass is 665 g/mol. The third kappa shape index (κ3) is 7.67. The van der Waals surface area contributed by atoms with Gasteiger partial charge in [0.2, 0.25) is 5.91 Å². The van der Waals surface area contributed by atoms with Crippen LogP contribution in [0.4, 0.5) is 10.5 Å². The fraction of sp³-hybridized carbons (Fsp3) is 0.194. The smallest absolute Gasteiger partial charge is 0.448 e. The van der Waals surface area contributed by atoms with E-state index >= 15 is 0 Å². The van der Waals surface area contributed by atoms with Crippen LogP contribution in [0.15, 0.2) is 127 Å². The number of nitrogens with one attached hydrogen (secondary N) is 1. The minimum atomic E-state index is -1.03. The van der Waals surface area contributed by atoms with Gasteiger partial charge in [-0.2, -0.15) is 0 Å². The van der Waals surface area contributed by atoms with Gasteiger partial charge in [0.05, 0.1) is 22.8 Å². The Bertz CT molecular complexity index is 1760. The Labute approximate surface area is 280 Å². The number of nitrogens with zero attached hydrogens (tertiary/aromatic N) is 2. The van der Waals surface area contributed by atoms with Crippen LogP contribution in [0, 0.1) is 10.1 Å². The van der Waals surface area contributed by atoms with Gasteiger partial charge >= 0.3 is 12.1 Å².